The maximum atomic E-state index is 12.1. The highest BCUT2D eigenvalue weighted by Crippen LogP contribution is 2.35. The molecule has 4 rings (SSSR count). The lowest BCUT2D eigenvalue weighted by Crippen LogP contribution is -2.30. The molecule has 1 atom stereocenters. The smallest absolute Gasteiger partial charge is 0.408 e. The summed E-state index contributed by atoms with van der Waals surface area (Å²) in [7, 11) is 2.07. The third-order valence-corrected chi connectivity index (χ3v) is 4.57. The van der Waals surface area contributed by atoms with Crippen molar-refractivity contribution in [3.05, 3.63) is 70.2 Å². The largest absolute Gasteiger partial charge is 0.421 e. The third-order valence-electron chi connectivity index (χ3n) is 4.57. The predicted octanol–water partition coefficient (Wildman–Crippen LogP) is 3.17. The molecule has 0 N–H and O–H groups in total. The lowest BCUT2D eigenvalue weighted by molar-refractivity contribution is 0.189. The predicted molar refractivity (Wildman–Crippen MR) is 85.7 cm³/mol. The standard InChI is InChI=1S/C18H18N2O2/c1-19(15-11-10-13-6-2-3-7-14(13)15)12-20-16-8-4-5-9-17(16)22-18(20)21/h2-9,15H,10-12H2,1H3/t15-/m1/s1. The van der Waals surface area contributed by atoms with Crippen molar-refractivity contribution in [2.75, 3.05) is 7.05 Å². The first-order chi connectivity index (χ1) is 10.7. The number of benzene rings is 2. The lowest BCUT2D eigenvalue weighted by atomic mass is 10.1. The van der Waals surface area contributed by atoms with Gasteiger partial charge in [0.15, 0.2) is 5.58 Å². The van der Waals surface area contributed by atoms with Gasteiger partial charge >= 0.3 is 5.76 Å². The average molecular weight is 294 g/mol. The summed E-state index contributed by atoms with van der Waals surface area (Å²) in [6.45, 7) is 0.537. The monoisotopic (exact) mass is 294 g/mol. The zero-order valence-electron chi connectivity index (χ0n) is 12.5. The Morgan fingerprint density at radius 2 is 1.95 bits per heavy atom. The molecule has 0 aliphatic heterocycles. The molecule has 1 heterocycles. The van der Waals surface area contributed by atoms with Gasteiger partial charge in [0.25, 0.3) is 0 Å². The Morgan fingerprint density at radius 1 is 1.18 bits per heavy atom. The van der Waals surface area contributed by atoms with Crippen LogP contribution in [0.3, 0.4) is 0 Å². The topological polar surface area (TPSA) is 38.4 Å². The second-order valence-electron chi connectivity index (χ2n) is 5.92. The molecule has 0 saturated carbocycles. The van der Waals surface area contributed by atoms with Crippen LogP contribution in [0.2, 0.25) is 0 Å². The number of hydrogen-bond acceptors (Lipinski definition) is 3. The van der Waals surface area contributed by atoms with Crippen LogP contribution < -0.4 is 5.76 Å². The van der Waals surface area contributed by atoms with Crippen LogP contribution in [0.15, 0.2) is 57.7 Å². The van der Waals surface area contributed by atoms with Crippen LogP contribution >= 0.6 is 0 Å². The highest BCUT2D eigenvalue weighted by molar-refractivity contribution is 5.72. The summed E-state index contributed by atoms with van der Waals surface area (Å²) in [4.78, 5) is 14.3. The lowest BCUT2D eigenvalue weighted by Gasteiger charge is -2.25. The molecule has 1 aromatic heterocycles. The maximum absolute atomic E-state index is 12.1. The first kappa shape index (κ1) is 13.3. The molecule has 3 aromatic rings. The quantitative estimate of drug-likeness (QED) is 0.744. The van der Waals surface area contributed by atoms with E-state index in [0.717, 1.165) is 18.4 Å². The minimum Gasteiger partial charge on any atom is -0.408 e. The number of hydrogen-bond donors (Lipinski definition) is 0. The molecule has 0 bridgehead atoms. The molecule has 0 radical (unpaired) electrons. The van der Waals surface area contributed by atoms with Gasteiger partial charge < -0.3 is 4.42 Å². The van der Waals surface area contributed by atoms with E-state index in [9.17, 15) is 4.79 Å². The minimum atomic E-state index is -0.292. The maximum Gasteiger partial charge on any atom is 0.421 e. The van der Waals surface area contributed by atoms with E-state index in [1.54, 1.807) is 4.57 Å². The molecule has 4 nitrogen and oxygen atoms in total. The number of nitrogens with zero attached hydrogens (tertiary/aromatic N) is 2. The van der Waals surface area contributed by atoms with Crippen LogP contribution in [0, 0.1) is 0 Å². The molecule has 1 aliphatic rings. The first-order valence-corrected chi connectivity index (χ1v) is 7.60. The van der Waals surface area contributed by atoms with Crippen molar-refractivity contribution < 1.29 is 4.42 Å². The van der Waals surface area contributed by atoms with Gasteiger partial charge in [-0.2, -0.15) is 0 Å². The summed E-state index contributed by atoms with van der Waals surface area (Å²) in [6, 6.07) is 16.5. The fourth-order valence-electron chi connectivity index (χ4n) is 3.46. The molecule has 0 fully saturated rings. The van der Waals surface area contributed by atoms with E-state index in [-0.39, 0.29) is 5.76 Å². The van der Waals surface area contributed by atoms with Crippen molar-refractivity contribution in [3.8, 4) is 0 Å². The zero-order chi connectivity index (χ0) is 15.1. The molecule has 1 aliphatic carbocycles. The molecule has 4 heteroatoms. The second kappa shape index (κ2) is 5.14. The Balaban J connectivity index is 1.66. The van der Waals surface area contributed by atoms with Gasteiger partial charge in [-0.1, -0.05) is 36.4 Å². The van der Waals surface area contributed by atoms with E-state index >= 15 is 0 Å². The zero-order valence-corrected chi connectivity index (χ0v) is 12.5. The molecule has 22 heavy (non-hydrogen) atoms. The van der Waals surface area contributed by atoms with E-state index in [1.807, 2.05) is 24.3 Å². The number of rotatable bonds is 3. The van der Waals surface area contributed by atoms with Crippen LogP contribution in [-0.4, -0.2) is 16.5 Å². The Morgan fingerprint density at radius 3 is 2.86 bits per heavy atom. The van der Waals surface area contributed by atoms with E-state index < -0.39 is 0 Å². The van der Waals surface area contributed by atoms with Crippen LogP contribution in [0.5, 0.6) is 0 Å². The molecule has 112 valence electrons. The molecular formula is C18H18N2O2. The number of aryl methyl sites for hydroxylation is 1. The van der Waals surface area contributed by atoms with E-state index in [0.29, 0.717) is 18.3 Å². The van der Waals surface area contributed by atoms with Crippen molar-refractivity contribution in [1.82, 2.24) is 9.47 Å². The van der Waals surface area contributed by atoms with Gasteiger partial charge in [0.1, 0.15) is 0 Å². The Kier molecular flexibility index (Phi) is 3.12. The highest BCUT2D eigenvalue weighted by Gasteiger charge is 2.26. The first-order valence-electron chi connectivity index (χ1n) is 7.60. The molecule has 0 spiro atoms. The number of fused-ring (bicyclic) bond motifs is 2. The summed E-state index contributed by atoms with van der Waals surface area (Å²) >= 11 is 0. The molecule has 2 aromatic carbocycles. The number of aromatic nitrogens is 1. The van der Waals surface area contributed by atoms with Crippen molar-refractivity contribution >= 4 is 11.1 Å². The normalized spacial score (nSPS) is 17.3. The van der Waals surface area contributed by atoms with Gasteiger partial charge in [0.2, 0.25) is 0 Å². The van der Waals surface area contributed by atoms with Crippen molar-refractivity contribution in [2.45, 2.75) is 25.6 Å². The molecular weight excluding hydrogens is 276 g/mol. The van der Waals surface area contributed by atoms with E-state index in [4.69, 9.17) is 4.42 Å². The van der Waals surface area contributed by atoms with Crippen LogP contribution in [0.1, 0.15) is 23.6 Å². The Hall–Kier alpha value is -2.33. The number of oxazole rings is 1. The highest BCUT2D eigenvalue weighted by atomic mass is 16.4. The van der Waals surface area contributed by atoms with Crippen LogP contribution in [0.25, 0.3) is 11.1 Å². The van der Waals surface area contributed by atoms with Gasteiger partial charge in [0, 0.05) is 6.04 Å². The fraction of sp³-hybridized carbons (Fsp3) is 0.278. The number of para-hydroxylation sites is 2. The summed E-state index contributed by atoms with van der Waals surface area (Å²) in [5, 5.41) is 0. The van der Waals surface area contributed by atoms with Crippen LogP contribution in [0.4, 0.5) is 0 Å². The van der Waals surface area contributed by atoms with Crippen LogP contribution in [-0.2, 0) is 13.1 Å². The Labute approximate surface area is 128 Å². The summed E-state index contributed by atoms with van der Waals surface area (Å²) in [5.41, 5.74) is 4.30. The summed E-state index contributed by atoms with van der Waals surface area (Å²) in [6.07, 6.45) is 2.20. The summed E-state index contributed by atoms with van der Waals surface area (Å²) < 4.78 is 7.02. The van der Waals surface area contributed by atoms with Gasteiger partial charge in [-0.15, -0.1) is 0 Å². The molecule has 0 unspecified atom stereocenters. The summed E-state index contributed by atoms with van der Waals surface area (Å²) in [5.74, 6) is -0.292. The van der Waals surface area contributed by atoms with Gasteiger partial charge in [-0.25, -0.2) is 4.79 Å². The van der Waals surface area contributed by atoms with Crippen molar-refractivity contribution in [3.63, 3.8) is 0 Å². The Bertz CT molecular complexity index is 878. The second-order valence-corrected chi connectivity index (χ2v) is 5.92. The van der Waals surface area contributed by atoms with Crippen molar-refractivity contribution in [2.24, 2.45) is 0 Å². The van der Waals surface area contributed by atoms with E-state index in [2.05, 4.69) is 36.2 Å². The fourth-order valence-corrected chi connectivity index (χ4v) is 3.46. The van der Waals surface area contributed by atoms with Gasteiger partial charge in [-0.05, 0) is 43.1 Å². The average Bonchev–Trinajstić information content (AvgIpc) is 3.09. The minimum absolute atomic E-state index is 0.292. The molecule has 0 amide bonds. The SMILES string of the molecule is CN(Cn1c(=O)oc2ccccc21)[C@@H]1CCc2ccccc21. The van der Waals surface area contributed by atoms with E-state index in [1.165, 1.54) is 11.1 Å². The van der Waals surface area contributed by atoms with Gasteiger partial charge in [0.05, 0.1) is 12.2 Å². The van der Waals surface area contributed by atoms with Gasteiger partial charge in [-0.3, -0.25) is 9.47 Å². The van der Waals surface area contributed by atoms with Crippen molar-refractivity contribution in [1.29, 1.82) is 0 Å². The molecule has 0 saturated heterocycles. The third kappa shape index (κ3) is 2.07.